The highest BCUT2D eigenvalue weighted by atomic mass is 32.2. The highest BCUT2D eigenvalue weighted by Gasteiger charge is 2.26. The number of nitrogens with one attached hydrogen (secondary N) is 2. The van der Waals surface area contributed by atoms with Crippen molar-refractivity contribution < 1.29 is 18.3 Å². The molecule has 0 saturated carbocycles. The number of H-pyrrole nitrogens is 2. The van der Waals surface area contributed by atoms with Gasteiger partial charge in [0.25, 0.3) is 5.56 Å². The molecule has 1 unspecified atom stereocenters. The number of benzene rings is 1. The lowest BCUT2D eigenvalue weighted by molar-refractivity contribution is 0.103. The fourth-order valence-electron chi connectivity index (χ4n) is 2.68. The number of ether oxygens (including phenoxy) is 1. The Hall–Kier alpha value is -2.03. The molecule has 1 aliphatic heterocycles. The Labute approximate surface area is 128 Å². The van der Waals surface area contributed by atoms with Crippen molar-refractivity contribution in [3.05, 3.63) is 56.0 Å². The van der Waals surface area contributed by atoms with Gasteiger partial charge >= 0.3 is 0 Å². The van der Waals surface area contributed by atoms with E-state index in [2.05, 4.69) is 10.2 Å². The smallest absolute Gasteiger partial charge is 0.275 e. The number of rotatable bonds is 4. The Bertz CT molecular complexity index is 836. The summed E-state index contributed by atoms with van der Waals surface area (Å²) >= 11 is -1.96. The van der Waals surface area contributed by atoms with Crippen molar-refractivity contribution in [2.45, 2.75) is 25.9 Å². The minimum atomic E-state index is -1.96. The summed E-state index contributed by atoms with van der Waals surface area (Å²) < 4.78 is 25.4. The standard InChI is InChI=1S/C14H14N2O5S/c1-7-12(14(18)16-15-7)13(17)9-3-2-8(6-22(19)20)10-4-21-5-11(9)10/h2-3H,4-6H2,1H3,(H,19,20)(H2,15,16,18). The molecule has 3 N–H and O–H groups in total. The van der Waals surface area contributed by atoms with Gasteiger partial charge in [-0.05, 0) is 23.6 Å². The zero-order valence-corrected chi connectivity index (χ0v) is 12.6. The number of aromatic amines is 2. The molecule has 0 spiro atoms. The Kier molecular flexibility index (Phi) is 3.81. The third-order valence-corrected chi connectivity index (χ3v) is 4.30. The fraction of sp³-hybridized carbons (Fsp3) is 0.286. The van der Waals surface area contributed by atoms with Crippen molar-refractivity contribution in [2.75, 3.05) is 0 Å². The van der Waals surface area contributed by atoms with Crippen molar-refractivity contribution >= 4 is 16.9 Å². The summed E-state index contributed by atoms with van der Waals surface area (Å²) in [6.07, 6.45) is 0. The first-order valence-corrected chi connectivity index (χ1v) is 7.87. The highest BCUT2D eigenvalue weighted by Crippen LogP contribution is 2.29. The molecule has 1 aromatic carbocycles. The number of aryl methyl sites for hydroxylation is 1. The van der Waals surface area contributed by atoms with Crippen LogP contribution in [-0.4, -0.2) is 24.7 Å². The van der Waals surface area contributed by atoms with E-state index in [1.807, 2.05) is 0 Å². The molecular formula is C14H14N2O5S. The van der Waals surface area contributed by atoms with E-state index in [1.165, 1.54) is 0 Å². The fourth-order valence-corrected chi connectivity index (χ4v) is 3.21. The molecule has 0 bridgehead atoms. The molecule has 1 aliphatic rings. The minimum Gasteiger partial charge on any atom is -0.372 e. The Morgan fingerprint density at radius 1 is 1.32 bits per heavy atom. The van der Waals surface area contributed by atoms with Crippen LogP contribution in [0.5, 0.6) is 0 Å². The highest BCUT2D eigenvalue weighted by molar-refractivity contribution is 7.78. The molecule has 0 aliphatic carbocycles. The summed E-state index contributed by atoms with van der Waals surface area (Å²) in [6.45, 7) is 2.19. The van der Waals surface area contributed by atoms with E-state index in [0.717, 1.165) is 5.56 Å². The number of hydrogen-bond donors (Lipinski definition) is 3. The molecular weight excluding hydrogens is 308 g/mol. The predicted octanol–water partition coefficient (Wildman–Crippen LogP) is 0.994. The quantitative estimate of drug-likeness (QED) is 0.574. The van der Waals surface area contributed by atoms with Gasteiger partial charge in [-0.25, -0.2) is 4.21 Å². The second-order valence-electron chi connectivity index (χ2n) is 5.10. The molecule has 0 amide bonds. The van der Waals surface area contributed by atoms with Crippen LogP contribution in [0.25, 0.3) is 0 Å². The van der Waals surface area contributed by atoms with Gasteiger partial charge in [-0.3, -0.25) is 14.7 Å². The van der Waals surface area contributed by atoms with Gasteiger partial charge in [-0.1, -0.05) is 12.1 Å². The van der Waals surface area contributed by atoms with Gasteiger partial charge in [0.2, 0.25) is 5.78 Å². The first-order valence-electron chi connectivity index (χ1n) is 6.59. The normalized spacial score (nSPS) is 14.8. The summed E-state index contributed by atoms with van der Waals surface area (Å²) in [4.78, 5) is 24.4. The first kappa shape index (κ1) is 14.9. The second kappa shape index (κ2) is 5.64. The lowest BCUT2D eigenvalue weighted by Crippen LogP contribution is -2.16. The zero-order valence-electron chi connectivity index (χ0n) is 11.8. The zero-order chi connectivity index (χ0) is 15.9. The number of carbonyl (C=O) groups is 1. The van der Waals surface area contributed by atoms with Crippen LogP contribution in [0.2, 0.25) is 0 Å². The Morgan fingerprint density at radius 2 is 2.05 bits per heavy atom. The van der Waals surface area contributed by atoms with E-state index in [1.54, 1.807) is 19.1 Å². The molecule has 2 heterocycles. The van der Waals surface area contributed by atoms with Gasteiger partial charge in [-0.2, -0.15) is 0 Å². The number of fused-ring (bicyclic) bond motifs is 1. The van der Waals surface area contributed by atoms with E-state index in [4.69, 9.17) is 9.29 Å². The summed E-state index contributed by atoms with van der Waals surface area (Å²) in [6, 6.07) is 3.23. The van der Waals surface area contributed by atoms with E-state index in [9.17, 15) is 13.8 Å². The molecule has 22 heavy (non-hydrogen) atoms. The summed E-state index contributed by atoms with van der Waals surface area (Å²) in [5, 5.41) is 5.02. The number of hydrogen-bond acceptors (Lipinski definition) is 4. The minimum absolute atomic E-state index is 0.00999. The first-order chi connectivity index (χ1) is 10.5. The molecule has 116 valence electrons. The van der Waals surface area contributed by atoms with Gasteiger partial charge in [0.05, 0.1) is 19.0 Å². The van der Waals surface area contributed by atoms with Crippen molar-refractivity contribution in [1.29, 1.82) is 0 Å². The van der Waals surface area contributed by atoms with Gasteiger partial charge < -0.3 is 14.4 Å². The molecule has 0 fully saturated rings. The van der Waals surface area contributed by atoms with Crippen LogP contribution < -0.4 is 5.56 Å². The van der Waals surface area contributed by atoms with Gasteiger partial charge in [0.15, 0.2) is 11.1 Å². The number of ketones is 1. The Balaban J connectivity index is 2.10. The average molecular weight is 322 g/mol. The van der Waals surface area contributed by atoms with Gasteiger partial charge in [0, 0.05) is 11.3 Å². The molecule has 3 rings (SSSR count). The average Bonchev–Trinajstić information content (AvgIpc) is 3.05. The summed E-state index contributed by atoms with van der Waals surface area (Å²) in [7, 11) is 0. The molecule has 1 atom stereocenters. The Morgan fingerprint density at radius 3 is 2.68 bits per heavy atom. The van der Waals surface area contributed by atoms with E-state index < -0.39 is 16.6 Å². The SMILES string of the molecule is Cc1[nH][nH]c(=O)c1C(=O)c1ccc(CS(=O)O)c2c1COC2. The van der Waals surface area contributed by atoms with E-state index in [-0.39, 0.29) is 23.7 Å². The maximum atomic E-state index is 12.6. The van der Waals surface area contributed by atoms with Crippen molar-refractivity contribution in [1.82, 2.24) is 10.2 Å². The van der Waals surface area contributed by atoms with Crippen LogP contribution in [0.15, 0.2) is 16.9 Å². The van der Waals surface area contributed by atoms with Crippen LogP contribution in [0.4, 0.5) is 0 Å². The van der Waals surface area contributed by atoms with Crippen LogP contribution >= 0.6 is 0 Å². The predicted molar refractivity (Wildman–Crippen MR) is 79.0 cm³/mol. The maximum Gasteiger partial charge on any atom is 0.275 e. The molecule has 7 nitrogen and oxygen atoms in total. The van der Waals surface area contributed by atoms with Crippen LogP contribution in [0, 0.1) is 6.92 Å². The molecule has 2 aromatic rings. The lowest BCUT2D eigenvalue weighted by atomic mass is 9.93. The van der Waals surface area contributed by atoms with Crippen molar-refractivity contribution in [2.24, 2.45) is 0 Å². The molecule has 8 heteroatoms. The lowest BCUT2D eigenvalue weighted by Gasteiger charge is -2.09. The van der Waals surface area contributed by atoms with Crippen LogP contribution in [-0.2, 0) is 34.8 Å². The van der Waals surface area contributed by atoms with Crippen LogP contribution in [0.1, 0.15) is 38.3 Å². The molecule has 1 aromatic heterocycles. The van der Waals surface area contributed by atoms with Gasteiger partial charge in [-0.15, -0.1) is 0 Å². The van der Waals surface area contributed by atoms with Crippen LogP contribution in [0.3, 0.4) is 0 Å². The largest absolute Gasteiger partial charge is 0.372 e. The summed E-state index contributed by atoms with van der Waals surface area (Å²) in [5.74, 6) is -0.386. The maximum absolute atomic E-state index is 12.6. The summed E-state index contributed by atoms with van der Waals surface area (Å²) in [5.41, 5.74) is 2.62. The second-order valence-corrected chi connectivity index (χ2v) is 6.03. The van der Waals surface area contributed by atoms with Crippen molar-refractivity contribution in [3.8, 4) is 0 Å². The van der Waals surface area contributed by atoms with E-state index in [0.29, 0.717) is 29.0 Å². The monoisotopic (exact) mass is 322 g/mol. The molecule has 0 radical (unpaired) electrons. The number of carbonyl (C=O) groups excluding carboxylic acids is 1. The molecule has 0 saturated heterocycles. The van der Waals surface area contributed by atoms with E-state index >= 15 is 0 Å². The van der Waals surface area contributed by atoms with Gasteiger partial charge in [0.1, 0.15) is 5.56 Å². The third-order valence-electron chi connectivity index (χ3n) is 3.74. The topological polar surface area (TPSA) is 112 Å². The number of aromatic nitrogens is 2. The van der Waals surface area contributed by atoms with Crippen molar-refractivity contribution in [3.63, 3.8) is 0 Å². The third kappa shape index (κ3) is 2.45.